The lowest BCUT2D eigenvalue weighted by Crippen LogP contribution is -2.21. The fourth-order valence-electron chi connectivity index (χ4n) is 1.33. The van der Waals surface area contributed by atoms with Gasteiger partial charge in [-0.3, -0.25) is 4.79 Å². The minimum atomic E-state index is -0.0642. The second-order valence-corrected chi connectivity index (χ2v) is 4.62. The Bertz CT molecular complexity index is 533. The highest BCUT2D eigenvalue weighted by molar-refractivity contribution is 9.10. The van der Waals surface area contributed by atoms with Crippen molar-refractivity contribution < 1.29 is 4.79 Å². The Hall–Kier alpha value is -1.69. The van der Waals surface area contributed by atoms with E-state index in [1.165, 1.54) is 4.90 Å². The van der Waals surface area contributed by atoms with Crippen LogP contribution < -0.4 is 0 Å². The van der Waals surface area contributed by atoms with Crippen molar-refractivity contribution in [2.75, 3.05) is 14.1 Å². The Morgan fingerprint density at radius 1 is 1.35 bits per heavy atom. The van der Waals surface area contributed by atoms with Gasteiger partial charge in [-0.1, -0.05) is 0 Å². The number of hydrogen-bond acceptors (Lipinski definition) is 3. The summed E-state index contributed by atoms with van der Waals surface area (Å²) < 4.78 is 2.52. The molecule has 0 aromatic carbocycles. The Kier molecular flexibility index (Phi) is 3.23. The molecule has 0 N–H and O–H groups in total. The van der Waals surface area contributed by atoms with Crippen LogP contribution >= 0.6 is 15.9 Å². The van der Waals surface area contributed by atoms with Gasteiger partial charge in [0.1, 0.15) is 0 Å². The molecule has 6 heteroatoms. The molecular formula is C11H11BrN4O. The number of hydrogen-bond donors (Lipinski definition) is 0. The highest BCUT2D eigenvalue weighted by Gasteiger charge is 2.08. The van der Waals surface area contributed by atoms with E-state index in [0.29, 0.717) is 11.4 Å². The summed E-state index contributed by atoms with van der Waals surface area (Å²) in [5.41, 5.74) is 0.560. The fourth-order valence-corrected chi connectivity index (χ4v) is 1.62. The monoisotopic (exact) mass is 294 g/mol. The first-order valence-electron chi connectivity index (χ1n) is 4.96. The molecule has 2 heterocycles. The molecule has 17 heavy (non-hydrogen) atoms. The van der Waals surface area contributed by atoms with Crippen LogP contribution in [-0.2, 0) is 0 Å². The van der Waals surface area contributed by atoms with E-state index in [1.54, 1.807) is 49.5 Å². The Balaban J connectivity index is 2.27. The van der Waals surface area contributed by atoms with Crippen LogP contribution in [0.4, 0.5) is 0 Å². The third-order valence-corrected chi connectivity index (χ3v) is 2.60. The molecule has 2 rings (SSSR count). The number of carbonyl (C=O) groups is 1. The number of aromatic nitrogens is 3. The van der Waals surface area contributed by atoms with Crippen LogP contribution in [-0.4, -0.2) is 39.7 Å². The van der Waals surface area contributed by atoms with Crippen LogP contribution in [0.5, 0.6) is 0 Å². The topological polar surface area (TPSA) is 51.0 Å². The molecular weight excluding hydrogens is 284 g/mol. The maximum absolute atomic E-state index is 11.7. The summed E-state index contributed by atoms with van der Waals surface area (Å²) in [6.45, 7) is 0. The third-order valence-electron chi connectivity index (χ3n) is 2.19. The van der Waals surface area contributed by atoms with Crippen molar-refractivity contribution in [1.29, 1.82) is 0 Å². The van der Waals surface area contributed by atoms with Gasteiger partial charge in [0.05, 0.1) is 16.2 Å². The molecule has 0 aliphatic rings. The van der Waals surface area contributed by atoms with E-state index in [9.17, 15) is 4.79 Å². The van der Waals surface area contributed by atoms with Gasteiger partial charge in [-0.25, -0.2) is 9.67 Å². The zero-order valence-corrected chi connectivity index (χ0v) is 11.0. The SMILES string of the molecule is CN(C)C(=O)c1ccc(-n2cc(Br)cn2)nc1. The van der Waals surface area contributed by atoms with E-state index in [-0.39, 0.29) is 5.91 Å². The lowest BCUT2D eigenvalue weighted by Gasteiger charge is -2.09. The summed E-state index contributed by atoms with van der Waals surface area (Å²) in [7, 11) is 3.42. The number of amides is 1. The molecule has 0 unspecified atom stereocenters. The molecule has 2 aromatic rings. The molecule has 0 radical (unpaired) electrons. The molecule has 1 amide bonds. The molecule has 0 fully saturated rings. The summed E-state index contributed by atoms with van der Waals surface area (Å²) in [4.78, 5) is 17.4. The first-order valence-corrected chi connectivity index (χ1v) is 5.75. The molecule has 0 saturated heterocycles. The normalized spacial score (nSPS) is 10.3. The van der Waals surface area contributed by atoms with Crippen molar-refractivity contribution in [3.8, 4) is 5.82 Å². The van der Waals surface area contributed by atoms with Crippen LogP contribution in [0.25, 0.3) is 5.82 Å². The quantitative estimate of drug-likeness (QED) is 0.848. The van der Waals surface area contributed by atoms with Crippen LogP contribution in [0, 0.1) is 0 Å². The van der Waals surface area contributed by atoms with Crippen LogP contribution in [0.15, 0.2) is 35.2 Å². The van der Waals surface area contributed by atoms with E-state index in [2.05, 4.69) is 26.0 Å². The van der Waals surface area contributed by atoms with E-state index in [0.717, 1.165) is 4.47 Å². The summed E-state index contributed by atoms with van der Waals surface area (Å²) in [5.74, 6) is 0.608. The average molecular weight is 295 g/mol. The van der Waals surface area contributed by atoms with Gasteiger partial charge in [-0.15, -0.1) is 0 Å². The predicted octanol–water partition coefficient (Wildman–Crippen LogP) is 1.73. The number of rotatable bonds is 2. The fraction of sp³-hybridized carbons (Fsp3) is 0.182. The number of pyridine rings is 1. The lowest BCUT2D eigenvalue weighted by atomic mass is 10.2. The molecule has 0 aliphatic carbocycles. The highest BCUT2D eigenvalue weighted by atomic mass is 79.9. The number of halogens is 1. The standard InChI is InChI=1S/C11H11BrN4O/c1-15(2)11(17)8-3-4-10(13-5-8)16-7-9(12)6-14-16/h3-7H,1-2H3. The minimum Gasteiger partial charge on any atom is -0.345 e. The molecule has 0 bridgehead atoms. The second kappa shape index (κ2) is 4.67. The van der Waals surface area contributed by atoms with Crippen molar-refractivity contribution in [1.82, 2.24) is 19.7 Å². The average Bonchev–Trinajstić information content (AvgIpc) is 2.75. The first kappa shape index (κ1) is 11.8. The summed E-state index contributed by atoms with van der Waals surface area (Å²) in [6, 6.07) is 3.50. The largest absolute Gasteiger partial charge is 0.345 e. The van der Waals surface area contributed by atoms with Gasteiger partial charge in [0, 0.05) is 26.5 Å². The number of nitrogens with zero attached hydrogens (tertiary/aromatic N) is 4. The zero-order valence-electron chi connectivity index (χ0n) is 9.46. The van der Waals surface area contributed by atoms with Crippen LogP contribution in [0.2, 0.25) is 0 Å². The van der Waals surface area contributed by atoms with Gasteiger partial charge in [0.2, 0.25) is 0 Å². The Labute approximate surface area is 107 Å². The van der Waals surface area contributed by atoms with Crippen molar-refractivity contribution in [2.24, 2.45) is 0 Å². The van der Waals surface area contributed by atoms with Crippen molar-refractivity contribution in [3.63, 3.8) is 0 Å². The lowest BCUT2D eigenvalue weighted by molar-refractivity contribution is 0.0827. The van der Waals surface area contributed by atoms with Crippen molar-refractivity contribution in [2.45, 2.75) is 0 Å². The minimum absolute atomic E-state index is 0.0642. The predicted molar refractivity (Wildman–Crippen MR) is 67.1 cm³/mol. The molecule has 2 aromatic heterocycles. The molecule has 0 saturated carbocycles. The third kappa shape index (κ3) is 2.52. The Morgan fingerprint density at radius 2 is 2.12 bits per heavy atom. The van der Waals surface area contributed by atoms with Gasteiger partial charge in [0.15, 0.2) is 5.82 Å². The summed E-state index contributed by atoms with van der Waals surface area (Å²) >= 11 is 3.31. The maximum atomic E-state index is 11.7. The van der Waals surface area contributed by atoms with Gasteiger partial charge < -0.3 is 4.90 Å². The number of carbonyl (C=O) groups excluding carboxylic acids is 1. The molecule has 88 valence electrons. The summed E-state index contributed by atoms with van der Waals surface area (Å²) in [6.07, 6.45) is 5.03. The van der Waals surface area contributed by atoms with Gasteiger partial charge in [-0.05, 0) is 28.1 Å². The van der Waals surface area contributed by atoms with Crippen molar-refractivity contribution in [3.05, 3.63) is 40.8 Å². The van der Waals surface area contributed by atoms with Gasteiger partial charge >= 0.3 is 0 Å². The first-order chi connectivity index (χ1) is 8.08. The maximum Gasteiger partial charge on any atom is 0.254 e. The van der Waals surface area contributed by atoms with Crippen molar-refractivity contribution >= 4 is 21.8 Å². The molecule has 0 spiro atoms. The van der Waals surface area contributed by atoms with E-state index in [1.807, 2.05) is 0 Å². The molecule has 0 atom stereocenters. The van der Waals surface area contributed by atoms with Gasteiger partial charge in [-0.2, -0.15) is 5.10 Å². The zero-order chi connectivity index (χ0) is 12.4. The summed E-state index contributed by atoms with van der Waals surface area (Å²) in [5, 5.41) is 4.11. The van der Waals surface area contributed by atoms with E-state index >= 15 is 0 Å². The smallest absolute Gasteiger partial charge is 0.254 e. The van der Waals surface area contributed by atoms with Crippen LogP contribution in [0.1, 0.15) is 10.4 Å². The van der Waals surface area contributed by atoms with Crippen LogP contribution in [0.3, 0.4) is 0 Å². The second-order valence-electron chi connectivity index (χ2n) is 3.71. The molecule has 5 nitrogen and oxygen atoms in total. The molecule has 0 aliphatic heterocycles. The van der Waals surface area contributed by atoms with Gasteiger partial charge in [0.25, 0.3) is 5.91 Å². The van der Waals surface area contributed by atoms with E-state index < -0.39 is 0 Å². The van der Waals surface area contributed by atoms with E-state index in [4.69, 9.17) is 0 Å². The highest BCUT2D eigenvalue weighted by Crippen LogP contribution is 2.11. The Morgan fingerprint density at radius 3 is 2.59 bits per heavy atom.